The van der Waals surface area contributed by atoms with Gasteiger partial charge in [0.05, 0.1) is 0 Å². The molecule has 0 fully saturated rings. The van der Waals surface area contributed by atoms with Gasteiger partial charge >= 0.3 is 0 Å². The molecule has 0 saturated heterocycles. The Morgan fingerprint density at radius 1 is 1.12 bits per heavy atom. The van der Waals surface area contributed by atoms with Crippen molar-refractivity contribution >= 4 is 6.21 Å². The Kier molecular flexibility index (Phi) is 5.07. The van der Waals surface area contributed by atoms with E-state index in [1.807, 2.05) is 0 Å². The normalized spacial score (nSPS) is 10.5. The maximum Gasteiger partial charge on any atom is 0.0267 e. The first-order chi connectivity index (χ1) is 3.91. The molecule has 0 saturated carbocycles. The summed E-state index contributed by atoms with van der Waals surface area (Å²) in [5.74, 6) is 0. The van der Waals surface area contributed by atoms with Crippen molar-refractivity contribution in [3.8, 4) is 0 Å². The van der Waals surface area contributed by atoms with E-state index in [4.69, 9.17) is 0 Å². The molecule has 0 heterocycles. The molecule has 0 atom stereocenters. The minimum absolute atomic E-state index is 1.61. The standard InChI is InChI=1S/C7H9N/c1-3-5-7-8-6-4-2/h3-7H,1-2H2. The molecule has 1 nitrogen and oxygen atoms in total. The highest BCUT2D eigenvalue weighted by atomic mass is 14.6. The highest BCUT2D eigenvalue weighted by Crippen LogP contribution is 1.72. The molecular weight excluding hydrogens is 98.1 g/mol. The van der Waals surface area contributed by atoms with Gasteiger partial charge in [0.1, 0.15) is 0 Å². The Balaban J connectivity index is 3.41. The van der Waals surface area contributed by atoms with Gasteiger partial charge in [-0.05, 0) is 6.08 Å². The van der Waals surface area contributed by atoms with Gasteiger partial charge in [-0.1, -0.05) is 25.3 Å². The summed E-state index contributed by atoms with van der Waals surface area (Å²) in [6.07, 6.45) is 8.29. The van der Waals surface area contributed by atoms with E-state index in [0.717, 1.165) is 0 Å². The molecule has 0 amide bonds. The quantitative estimate of drug-likeness (QED) is 0.386. The van der Waals surface area contributed by atoms with Gasteiger partial charge in [0, 0.05) is 12.4 Å². The topological polar surface area (TPSA) is 12.4 Å². The number of hydrogen-bond donors (Lipinski definition) is 0. The molecule has 42 valence electrons. The molecule has 1 heteroatoms. The van der Waals surface area contributed by atoms with Crippen LogP contribution in [0.2, 0.25) is 0 Å². The van der Waals surface area contributed by atoms with Crippen molar-refractivity contribution in [2.45, 2.75) is 0 Å². The van der Waals surface area contributed by atoms with Crippen LogP contribution in [0.1, 0.15) is 0 Å². The predicted octanol–water partition coefficient (Wildman–Crippen LogP) is 1.94. The lowest BCUT2D eigenvalue weighted by Crippen LogP contribution is -1.55. The van der Waals surface area contributed by atoms with E-state index < -0.39 is 0 Å². The molecule has 0 aromatic carbocycles. The van der Waals surface area contributed by atoms with Gasteiger partial charge in [-0.15, -0.1) is 0 Å². The van der Waals surface area contributed by atoms with Crippen LogP contribution in [0.3, 0.4) is 0 Å². The zero-order chi connectivity index (χ0) is 6.24. The van der Waals surface area contributed by atoms with Gasteiger partial charge < -0.3 is 0 Å². The average molecular weight is 107 g/mol. The lowest BCUT2D eigenvalue weighted by atomic mass is 10.6. The van der Waals surface area contributed by atoms with E-state index in [1.165, 1.54) is 0 Å². The van der Waals surface area contributed by atoms with E-state index in [9.17, 15) is 0 Å². The molecule has 0 aromatic heterocycles. The summed E-state index contributed by atoms with van der Waals surface area (Å²) in [7, 11) is 0. The van der Waals surface area contributed by atoms with Crippen LogP contribution in [-0.2, 0) is 0 Å². The van der Waals surface area contributed by atoms with Crippen molar-refractivity contribution in [3.05, 3.63) is 37.6 Å². The summed E-state index contributed by atoms with van der Waals surface area (Å²) in [4.78, 5) is 3.78. The summed E-state index contributed by atoms with van der Waals surface area (Å²) in [6.45, 7) is 6.92. The molecule has 0 aliphatic rings. The Bertz CT molecular complexity index is 104. The first-order valence-corrected chi connectivity index (χ1v) is 2.33. The SMILES string of the molecule is C=CC=CN=CC=C. The third-order valence-electron chi connectivity index (χ3n) is 0.500. The summed E-state index contributed by atoms with van der Waals surface area (Å²) in [5, 5.41) is 0. The fraction of sp³-hybridized carbons (Fsp3) is 0. The summed E-state index contributed by atoms with van der Waals surface area (Å²) in [6, 6.07) is 0. The maximum absolute atomic E-state index is 3.78. The number of nitrogens with zero attached hydrogens (tertiary/aromatic N) is 1. The maximum atomic E-state index is 3.78. The lowest BCUT2D eigenvalue weighted by Gasteiger charge is -1.68. The number of allylic oxidation sites excluding steroid dienone is 3. The van der Waals surface area contributed by atoms with Crippen LogP contribution in [0, 0.1) is 0 Å². The van der Waals surface area contributed by atoms with Crippen molar-refractivity contribution < 1.29 is 0 Å². The van der Waals surface area contributed by atoms with E-state index in [-0.39, 0.29) is 0 Å². The number of hydrogen-bond acceptors (Lipinski definition) is 1. The number of rotatable bonds is 3. The Morgan fingerprint density at radius 2 is 1.88 bits per heavy atom. The second-order valence-electron chi connectivity index (χ2n) is 1.11. The molecule has 8 heavy (non-hydrogen) atoms. The summed E-state index contributed by atoms with van der Waals surface area (Å²) in [5.41, 5.74) is 0. The molecule has 0 bridgehead atoms. The van der Waals surface area contributed by atoms with Crippen LogP contribution in [0.5, 0.6) is 0 Å². The third-order valence-corrected chi connectivity index (χ3v) is 0.500. The van der Waals surface area contributed by atoms with Gasteiger partial charge in [0.15, 0.2) is 0 Å². The van der Waals surface area contributed by atoms with Gasteiger partial charge in [-0.2, -0.15) is 0 Å². The monoisotopic (exact) mass is 107 g/mol. The Labute approximate surface area is 49.8 Å². The van der Waals surface area contributed by atoms with Crippen LogP contribution in [0.15, 0.2) is 42.6 Å². The third kappa shape index (κ3) is 4.89. The van der Waals surface area contributed by atoms with Crippen LogP contribution >= 0.6 is 0 Å². The molecule has 0 aromatic rings. The lowest BCUT2D eigenvalue weighted by molar-refractivity contribution is 1.60. The van der Waals surface area contributed by atoms with Crippen LogP contribution in [0.25, 0.3) is 0 Å². The zero-order valence-electron chi connectivity index (χ0n) is 4.75. The van der Waals surface area contributed by atoms with Gasteiger partial charge in [0.2, 0.25) is 0 Å². The van der Waals surface area contributed by atoms with Crippen molar-refractivity contribution in [2.75, 3.05) is 0 Å². The van der Waals surface area contributed by atoms with E-state index in [2.05, 4.69) is 18.2 Å². The predicted molar refractivity (Wildman–Crippen MR) is 38.0 cm³/mol. The van der Waals surface area contributed by atoms with Crippen LogP contribution in [-0.4, -0.2) is 6.21 Å². The fourth-order valence-corrected chi connectivity index (χ4v) is 0.221. The summed E-state index contributed by atoms with van der Waals surface area (Å²) < 4.78 is 0. The molecular formula is C7H9N. The second-order valence-corrected chi connectivity index (χ2v) is 1.11. The van der Waals surface area contributed by atoms with Crippen molar-refractivity contribution in [3.63, 3.8) is 0 Å². The molecule has 0 spiro atoms. The smallest absolute Gasteiger partial charge is 0.0267 e. The average Bonchev–Trinajstić information content (AvgIpc) is 1.81. The highest BCUT2D eigenvalue weighted by molar-refractivity contribution is 5.70. The minimum Gasteiger partial charge on any atom is -0.265 e. The molecule has 0 radical (unpaired) electrons. The molecule has 0 unspecified atom stereocenters. The van der Waals surface area contributed by atoms with Gasteiger partial charge in [0.25, 0.3) is 0 Å². The summed E-state index contributed by atoms with van der Waals surface area (Å²) >= 11 is 0. The first-order valence-electron chi connectivity index (χ1n) is 2.33. The van der Waals surface area contributed by atoms with E-state index >= 15 is 0 Å². The molecule has 0 rings (SSSR count). The van der Waals surface area contributed by atoms with Crippen molar-refractivity contribution in [1.82, 2.24) is 0 Å². The fourth-order valence-electron chi connectivity index (χ4n) is 0.221. The van der Waals surface area contributed by atoms with E-state index in [1.54, 1.807) is 30.6 Å². The molecule has 0 N–H and O–H groups in total. The van der Waals surface area contributed by atoms with Crippen LogP contribution < -0.4 is 0 Å². The Hall–Kier alpha value is -1.11. The zero-order valence-corrected chi connectivity index (χ0v) is 4.75. The second kappa shape index (κ2) is 5.89. The van der Waals surface area contributed by atoms with E-state index in [0.29, 0.717) is 0 Å². The van der Waals surface area contributed by atoms with Crippen molar-refractivity contribution in [1.29, 1.82) is 0 Å². The highest BCUT2D eigenvalue weighted by Gasteiger charge is 1.54. The number of aliphatic imine (C=N–C) groups is 1. The minimum atomic E-state index is 1.61. The van der Waals surface area contributed by atoms with Crippen molar-refractivity contribution in [2.24, 2.45) is 4.99 Å². The van der Waals surface area contributed by atoms with Gasteiger partial charge in [-0.3, -0.25) is 4.99 Å². The van der Waals surface area contributed by atoms with Gasteiger partial charge in [-0.25, -0.2) is 0 Å². The van der Waals surface area contributed by atoms with Crippen LogP contribution in [0.4, 0.5) is 0 Å². The first kappa shape index (κ1) is 6.89. The largest absolute Gasteiger partial charge is 0.265 e. The molecule has 0 aliphatic carbocycles. The molecule has 0 aliphatic heterocycles. The Morgan fingerprint density at radius 3 is 2.38 bits per heavy atom.